The zero-order valence-electron chi connectivity index (χ0n) is 9.14. The number of rotatable bonds is 1. The summed E-state index contributed by atoms with van der Waals surface area (Å²) in [5.74, 6) is 0. The van der Waals surface area contributed by atoms with E-state index in [1.807, 2.05) is 6.07 Å². The number of urea groups is 1. The molecule has 5 nitrogen and oxygen atoms in total. The van der Waals surface area contributed by atoms with Crippen LogP contribution in [0.2, 0.25) is 0 Å². The number of carbonyl (C=O) groups excluding carboxylic acids is 1. The number of benzene rings is 1. The maximum atomic E-state index is 11.4. The lowest BCUT2D eigenvalue weighted by atomic mass is 10.2. The highest BCUT2D eigenvalue weighted by Gasteiger charge is 2.04. The van der Waals surface area contributed by atoms with E-state index in [1.54, 1.807) is 38.6 Å². The number of nitrogens with zero attached hydrogens (tertiary/aromatic N) is 3. The summed E-state index contributed by atoms with van der Waals surface area (Å²) in [7, 11) is 3.38. The summed E-state index contributed by atoms with van der Waals surface area (Å²) in [6, 6.07) is 5.26. The molecular formula is C11H12N4O. The summed E-state index contributed by atoms with van der Waals surface area (Å²) < 4.78 is 0. The second-order valence-electron chi connectivity index (χ2n) is 3.58. The van der Waals surface area contributed by atoms with Crippen LogP contribution in [-0.2, 0) is 0 Å². The third-order valence-electron chi connectivity index (χ3n) is 2.13. The maximum absolute atomic E-state index is 11.4. The van der Waals surface area contributed by atoms with Crippen molar-refractivity contribution in [2.75, 3.05) is 19.4 Å². The van der Waals surface area contributed by atoms with Gasteiger partial charge in [-0.15, -0.1) is 0 Å². The molecule has 0 atom stereocenters. The molecule has 1 N–H and O–H groups in total. The molecule has 1 aromatic heterocycles. The molecule has 0 saturated heterocycles. The molecule has 16 heavy (non-hydrogen) atoms. The normalized spacial score (nSPS) is 10.1. The minimum Gasteiger partial charge on any atom is -0.331 e. The summed E-state index contributed by atoms with van der Waals surface area (Å²) >= 11 is 0. The van der Waals surface area contributed by atoms with Crippen molar-refractivity contribution in [2.24, 2.45) is 0 Å². The van der Waals surface area contributed by atoms with E-state index in [-0.39, 0.29) is 6.03 Å². The minimum absolute atomic E-state index is 0.164. The highest BCUT2D eigenvalue weighted by molar-refractivity contribution is 5.91. The second-order valence-corrected chi connectivity index (χ2v) is 3.58. The molecule has 82 valence electrons. The van der Waals surface area contributed by atoms with Crippen molar-refractivity contribution in [3.63, 3.8) is 0 Å². The Labute approximate surface area is 93.1 Å². The largest absolute Gasteiger partial charge is 0.331 e. The Morgan fingerprint density at radius 1 is 1.19 bits per heavy atom. The fourth-order valence-electron chi connectivity index (χ4n) is 1.28. The van der Waals surface area contributed by atoms with Crippen molar-refractivity contribution < 1.29 is 4.79 Å². The first-order valence-electron chi connectivity index (χ1n) is 4.86. The van der Waals surface area contributed by atoms with Crippen LogP contribution in [0.1, 0.15) is 0 Å². The van der Waals surface area contributed by atoms with Crippen LogP contribution in [0.5, 0.6) is 0 Å². The number of aromatic nitrogens is 2. The number of nitrogens with one attached hydrogen (secondary N) is 1. The van der Waals surface area contributed by atoms with Crippen LogP contribution < -0.4 is 5.32 Å². The predicted octanol–water partition coefficient (Wildman–Crippen LogP) is 1.72. The van der Waals surface area contributed by atoms with Gasteiger partial charge in [-0.05, 0) is 18.2 Å². The molecule has 2 aromatic rings. The molecule has 0 aliphatic carbocycles. The van der Waals surface area contributed by atoms with Gasteiger partial charge in [0, 0.05) is 32.2 Å². The highest BCUT2D eigenvalue weighted by atomic mass is 16.2. The Balaban J connectivity index is 2.29. The SMILES string of the molecule is CN(C)C(=O)Nc1ccc2nccnc2c1. The van der Waals surface area contributed by atoms with E-state index < -0.39 is 0 Å². The Hall–Kier alpha value is -2.17. The van der Waals surface area contributed by atoms with Crippen molar-refractivity contribution >= 4 is 22.8 Å². The van der Waals surface area contributed by atoms with Crippen molar-refractivity contribution in [3.05, 3.63) is 30.6 Å². The lowest BCUT2D eigenvalue weighted by molar-refractivity contribution is 0.230. The first-order valence-corrected chi connectivity index (χ1v) is 4.86. The topological polar surface area (TPSA) is 58.1 Å². The van der Waals surface area contributed by atoms with Gasteiger partial charge in [0.05, 0.1) is 11.0 Å². The molecule has 0 radical (unpaired) electrons. The van der Waals surface area contributed by atoms with Gasteiger partial charge in [0.1, 0.15) is 0 Å². The molecule has 2 rings (SSSR count). The van der Waals surface area contributed by atoms with Crippen molar-refractivity contribution in [1.82, 2.24) is 14.9 Å². The van der Waals surface area contributed by atoms with Crippen LogP contribution >= 0.6 is 0 Å². The summed E-state index contributed by atoms with van der Waals surface area (Å²) in [6.07, 6.45) is 3.26. The fourth-order valence-corrected chi connectivity index (χ4v) is 1.28. The van der Waals surface area contributed by atoms with E-state index in [2.05, 4.69) is 15.3 Å². The number of anilines is 1. The average molecular weight is 216 g/mol. The first kappa shape index (κ1) is 10.4. The van der Waals surface area contributed by atoms with Crippen LogP contribution in [0.25, 0.3) is 11.0 Å². The van der Waals surface area contributed by atoms with Crippen LogP contribution in [0, 0.1) is 0 Å². The van der Waals surface area contributed by atoms with Crippen molar-refractivity contribution in [2.45, 2.75) is 0 Å². The summed E-state index contributed by atoms with van der Waals surface area (Å²) in [6.45, 7) is 0. The lowest BCUT2D eigenvalue weighted by Gasteiger charge is -2.11. The Bertz CT molecular complexity index is 524. The van der Waals surface area contributed by atoms with E-state index in [9.17, 15) is 4.79 Å². The smallest absolute Gasteiger partial charge is 0.321 e. The average Bonchev–Trinajstić information content (AvgIpc) is 2.28. The van der Waals surface area contributed by atoms with Crippen LogP contribution in [0.15, 0.2) is 30.6 Å². The number of amides is 2. The molecule has 0 saturated carbocycles. The molecule has 2 amide bonds. The molecule has 0 fully saturated rings. The van der Waals surface area contributed by atoms with Crippen LogP contribution in [0.4, 0.5) is 10.5 Å². The van der Waals surface area contributed by atoms with Crippen LogP contribution in [-0.4, -0.2) is 35.0 Å². The summed E-state index contributed by atoms with van der Waals surface area (Å²) in [4.78, 5) is 21.2. The Morgan fingerprint density at radius 2 is 1.88 bits per heavy atom. The van der Waals surface area contributed by atoms with Crippen LogP contribution in [0.3, 0.4) is 0 Å². The Morgan fingerprint density at radius 3 is 2.56 bits per heavy atom. The minimum atomic E-state index is -0.164. The molecule has 0 bridgehead atoms. The third-order valence-corrected chi connectivity index (χ3v) is 2.13. The summed E-state index contributed by atoms with van der Waals surface area (Å²) in [5, 5.41) is 2.75. The van der Waals surface area contributed by atoms with Crippen molar-refractivity contribution in [1.29, 1.82) is 0 Å². The van der Waals surface area contributed by atoms with Gasteiger partial charge >= 0.3 is 6.03 Å². The number of hydrogen-bond donors (Lipinski definition) is 1. The first-order chi connectivity index (χ1) is 7.66. The number of fused-ring (bicyclic) bond motifs is 1. The van der Waals surface area contributed by atoms with Crippen molar-refractivity contribution in [3.8, 4) is 0 Å². The van der Waals surface area contributed by atoms with E-state index in [0.717, 1.165) is 11.0 Å². The number of carbonyl (C=O) groups is 1. The highest BCUT2D eigenvalue weighted by Crippen LogP contribution is 2.14. The molecular weight excluding hydrogens is 204 g/mol. The van der Waals surface area contributed by atoms with Gasteiger partial charge in [-0.3, -0.25) is 9.97 Å². The van der Waals surface area contributed by atoms with Gasteiger partial charge in [-0.1, -0.05) is 0 Å². The molecule has 1 aromatic carbocycles. The zero-order valence-corrected chi connectivity index (χ0v) is 9.14. The lowest BCUT2D eigenvalue weighted by Crippen LogP contribution is -2.27. The van der Waals surface area contributed by atoms with E-state index in [0.29, 0.717) is 5.69 Å². The zero-order chi connectivity index (χ0) is 11.5. The Kier molecular flexibility index (Phi) is 2.68. The fraction of sp³-hybridized carbons (Fsp3) is 0.182. The van der Waals surface area contributed by atoms with E-state index in [1.165, 1.54) is 4.90 Å². The second kappa shape index (κ2) is 4.14. The van der Waals surface area contributed by atoms with E-state index in [4.69, 9.17) is 0 Å². The number of hydrogen-bond acceptors (Lipinski definition) is 3. The monoisotopic (exact) mass is 216 g/mol. The van der Waals surface area contributed by atoms with Gasteiger partial charge < -0.3 is 10.2 Å². The van der Waals surface area contributed by atoms with E-state index >= 15 is 0 Å². The molecule has 0 aliphatic heterocycles. The van der Waals surface area contributed by atoms with Gasteiger partial charge in [-0.25, -0.2) is 4.79 Å². The summed E-state index contributed by atoms with van der Waals surface area (Å²) in [5.41, 5.74) is 2.29. The molecule has 0 unspecified atom stereocenters. The van der Waals surface area contributed by atoms with Gasteiger partial charge in [-0.2, -0.15) is 0 Å². The molecule has 5 heteroatoms. The van der Waals surface area contributed by atoms with Gasteiger partial charge in [0.2, 0.25) is 0 Å². The predicted molar refractivity (Wildman–Crippen MR) is 62.2 cm³/mol. The molecule has 0 aliphatic rings. The maximum Gasteiger partial charge on any atom is 0.321 e. The standard InChI is InChI=1S/C11H12N4O/c1-15(2)11(16)14-8-3-4-9-10(7-8)13-6-5-12-9/h3-7H,1-2H3,(H,14,16). The molecule has 0 spiro atoms. The quantitative estimate of drug-likeness (QED) is 0.789. The molecule has 1 heterocycles. The van der Waals surface area contributed by atoms with Gasteiger partial charge in [0.25, 0.3) is 0 Å². The van der Waals surface area contributed by atoms with Gasteiger partial charge in [0.15, 0.2) is 0 Å². The third kappa shape index (κ3) is 2.08.